The zero-order valence-electron chi connectivity index (χ0n) is 13.2. The maximum atomic E-state index is 6.16. The molecule has 23 heavy (non-hydrogen) atoms. The molecule has 3 aromatic rings. The molecule has 1 heterocycles. The van der Waals surface area contributed by atoms with Gasteiger partial charge in [-0.1, -0.05) is 0 Å². The first kappa shape index (κ1) is 14.4. The van der Waals surface area contributed by atoms with Gasteiger partial charge in [0, 0.05) is 0 Å². The van der Waals surface area contributed by atoms with Crippen LogP contribution in [0.25, 0.3) is 0 Å². The van der Waals surface area contributed by atoms with Gasteiger partial charge in [-0.3, -0.25) is 0 Å². The monoisotopic (exact) mass is 365 g/mol. The molecule has 4 rings (SSSR count). The van der Waals surface area contributed by atoms with E-state index < -0.39 is 13.6 Å². The third-order valence-electron chi connectivity index (χ3n) is 4.50. The summed E-state index contributed by atoms with van der Waals surface area (Å²) in [5.74, 6) is 2.89. The van der Waals surface area contributed by atoms with E-state index in [4.69, 9.17) is 9.47 Å². The Bertz CT molecular complexity index is 810. The molecule has 0 unspecified atom stereocenters. The van der Waals surface area contributed by atoms with Gasteiger partial charge in [0.05, 0.1) is 0 Å². The molecule has 0 N–H and O–H groups in total. The Morgan fingerprint density at radius 3 is 1.78 bits per heavy atom. The van der Waals surface area contributed by atoms with Crippen LogP contribution >= 0.6 is 0 Å². The van der Waals surface area contributed by atoms with E-state index in [9.17, 15) is 0 Å². The quantitative estimate of drug-likeness (QED) is 0.651. The molecule has 1 aliphatic rings. The van der Waals surface area contributed by atoms with Crippen LogP contribution in [0.1, 0.15) is 0 Å². The first-order valence-corrected chi connectivity index (χ1v) is 12.3. The number of ether oxygens (including phenoxy) is 2. The van der Waals surface area contributed by atoms with Crippen LogP contribution in [-0.2, 0) is 0 Å². The van der Waals surface area contributed by atoms with E-state index in [1.54, 1.807) is 7.11 Å². The normalized spacial score (nSPS) is 14.3. The molecule has 0 amide bonds. The average Bonchev–Trinajstić information content (AvgIpc) is 2.62. The van der Waals surface area contributed by atoms with E-state index in [0.29, 0.717) is 0 Å². The standard InChI is InChI=1S/C20H18AsO2/c1-21(15-11-13-16(22-2)14-12-15)17-7-3-5-9-19(17)23-20-10-6-4-8-18(20)21/h3-14H,1-2H3. The van der Waals surface area contributed by atoms with Gasteiger partial charge in [-0.05, 0) is 0 Å². The van der Waals surface area contributed by atoms with E-state index in [-0.39, 0.29) is 0 Å². The van der Waals surface area contributed by atoms with Crippen molar-refractivity contribution < 1.29 is 9.47 Å². The molecule has 1 aliphatic heterocycles. The molecule has 0 fully saturated rings. The summed E-state index contributed by atoms with van der Waals surface area (Å²) < 4.78 is 15.6. The summed E-state index contributed by atoms with van der Waals surface area (Å²) in [6.07, 6.45) is 0. The van der Waals surface area contributed by atoms with Gasteiger partial charge in [0.25, 0.3) is 0 Å². The summed E-state index contributed by atoms with van der Waals surface area (Å²) in [5.41, 5.74) is 2.43. The summed E-state index contributed by atoms with van der Waals surface area (Å²) in [6, 6.07) is 25.5. The fourth-order valence-electron chi connectivity index (χ4n) is 3.23. The Balaban J connectivity index is 1.98. The zero-order chi connectivity index (χ0) is 15.9. The van der Waals surface area contributed by atoms with Gasteiger partial charge < -0.3 is 0 Å². The van der Waals surface area contributed by atoms with Crippen molar-refractivity contribution in [2.24, 2.45) is 0 Å². The van der Waals surface area contributed by atoms with E-state index >= 15 is 0 Å². The van der Waals surface area contributed by atoms with Crippen molar-refractivity contribution in [2.45, 2.75) is 5.71 Å². The van der Waals surface area contributed by atoms with Crippen LogP contribution in [0.3, 0.4) is 0 Å². The van der Waals surface area contributed by atoms with Gasteiger partial charge >= 0.3 is 139 Å². The van der Waals surface area contributed by atoms with Gasteiger partial charge in [0.15, 0.2) is 0 Å². The van der Waals surface area contributed by atoms with Crippen LogP contribution in [0.15, 0.2) is 72.8 Å². The van der Waals surface area contributed by atoms with Gasteiger partial charge in [0.1, 0.15) is 0 Å². The predicted molar refractivity (Wildman–Crippen MR) is 96.5 cm³/mol. The van der Waals surface area contributed by atoms with Crippen LogP contribution < -0.4 is 22.5 Å². The minimum atomic E-state index is -2.50. The van der Waals surface area contributed by atoms with Crippen molar-refractivity contribution in [3.63, 3.8) is 0 Å². The van der Waals surface area contributed by atoms with Crippen molar-refractivity contribution in [2.75, 3.05) is 7.11 Å². The minimum absolute atomic E-state index is 0.894. The average molecular weight is 365 g/mol. The second-order valence-electron chi connectivity index (χ2n) is 5.74. The second kappa shape index (κ2) is 5.47. The molecule has 0 aliphatic carbocycles. The van der Waals surface area contributed by atoms with Gasteiger partial charge in [-0.15, -0.1) is 0 Å². The fourth-order valence-corrected chi connectivity index (χ4v) is 10.5. The summed E-state index contributed by atoms with van der Waals surface area (Å²) in [6.45, 7) is 0. The Morgan fingerprint density at radius 2 is 1.26 bits per heavy atom. The Kier molecular flexibility index (Phi) is 3.43. The van der Waals surface area contributed by atoms with Crippen LogP contribution in [0.5, 0.6) is 17.2 Å². The second-order valence-corrected chi connectivity index (χ2v) is 13.1. The zero-order valence-corrected chi connectivity index (χ0v) is 15.1. The molecule has 0 aromatic heterocycles. The van der Waals surface area contributed by atoms with Crippen molar-refractivity contribution in [3.8, 4) is 17.2 Å². The Morgan fingerprint density at radius 1 is 0.739 bits per heavy atom. The van der Waals surface area contributed by atoms with Crippen molar-refractivity contribution in [1.82, 2.24) is 0 Å². The fraction of sp³-hybridized carbons (Fsp3) is 0.100. The van der Waals surface area contributed by atoms with E-state index in [1.165, 1.54) is 13.1 Å². The summed E-state index contributed by atoms with van der Waals surface area (Å²) in [4.78, 5) is 0. The van der Waals surface area contributed by atoms with Gasteiger partial charge in [-0.25, -0.2) is 0 Å². The number of benzene rings is 3. The van der Waals surface area contributed by atoms with E-state index in [2.05, 4.69) is 66.4 Å². The number of hydrogen-bond acceptors (Lipinski definition) is 2. The molecule has 115 valence electrons. The van der Waals surface area contributed by atoms with E-state index in [1.807, 2.05) is 12.1 Å². The van der Waals surface area contributed by atoms with Crippen LogP contribution in [0, 0.1) is 0 Å². The summed E-state index contributed by atoms with van der Waals surface area (Å²) in [5, 5.41) is 0. The Labute approximate surface area is 139 Å². The summed E-state index contributed by atoms with van der Waals surface area (Å²) >= 11 is -2.50. The molecular formula is C20H18AsO2. The molecule has 3 aromatic carbocycles. The van der Waals surface area contributed by atoms with Gasteiger partial charge in [0.2, 0.25) is 0 Å². The third-order valence-corrected chi connectivity index (χ3v) is 12.9. The SMILES string of the molecule is COc1ccc([As]2(C)c3ccccc3Oc3ccccc32)cc1. The van der Waals surface area contributed by atoms with Crippen LogP contribution in [0.2, 0.25) is 5.71 Å². The molecular weight excluding hydrogens is 347 g/mol. The molecule has 0 bridgehead atoms. The molecule has 0 saturated heterocycles. The molecule has 0 spiro atoms. The number of fused-ring (bicyclic) bond motifs is 2. The third kappa shape index (κ3) is 2.17. The first-order chi connectivity index (χ1) is 11.2. The number of para-hydroxylation sites is 2. The predicted octanol–water partition coefficient (Wildman–Crippen LogP) is 2.90. The van der Waals surface area contributed by atoms with Crippen LogP contribution in [-0.4, -0.2) is 20.7 Å². The maximum absolute atomic E-state index is 6.16. The molecule has 0 saturated carbocycles. The topological polar surface area (TPSA) is 18.5 Å². The van der Waals surface area contributed by atoms with Crippen molar-refractivity contribution in [1.29, 1.82) is 0 Å². The van der Waals surface area contributed by atoms with Crippen molar-refractivity contribution >= 4 is 26.6 Å². The molecule has 2 nitrogen and oxygen atoms in total. The first-order valence-electron chi connectivity index (χ1n) is 7.61. The van der Waals surface area contributed by atoms with Gasteiger partial charge in [-0.2, -0.15) is 0 Å². The molecule has 1 radical (unpaired) electrons. The molecule has 0 atom stereocenters. The van der Waals surface area contributed by atoms with Crippen LogP contribution in [0.4, 0.5) is 0 Å². The Hall–Kier alpha value is -2.18. The van der Waals surface area contributed by atoms with Crippen molar-refractivity contribution in [3.05, 3.63) is 72.8 Å². The molecule has 3 heteroatoms. The number of methoxy groups -OCH3 is 1. The number of hydrogen-bond donors (Lipinski definition) is 0. The number of rotatable bonds is 2. The van der Waals surface area contributed by atoms with E-state index in [0.717, 1.165) is 17.2 Å². The summed E-state index contributed by atoms with van der Waals surface area (Å²) in [7, 11) is 1.70.